The van der Waals surface area contributed by atoms with Crippen LogP contribution in [-0.2, 0) is 11.3 Å². The summed E-state index contributed by atoms with van der Waals surface area (Å²) in [4.78, 5) is 20.3. The summed E-state index contributed by atoms with van der Waals surface area (Å²) in [5, 5.41) is 5.25. The van der Waals surface area contributed by atoms with Gasteiger partial charge in [0.2, 0.25) is 0 Å². The summed E-state index contributed by atoms with van der Waals surface area (Å²) < 4.78 is 12.6. The van der Waals surface area contributed by atoms with E-state index in [0.717, 1.165) is 22.4 Å². The Morgan fingerprint density at radius 3 is 2.68 bits per heavy atom. The van der Waals surface area contributed by atoms with Gasteiger partial charge in [-0.1, -0.05) is 30.3 Å². The van der Waals surface area contributed by atoms with E-state index in [1.54, 1.807) is 24.5 Å². The van der Waals surface area contributed by atoms with Crippen molar-refractivity contribution in [3.8, 4) is 11.3 Å². The molecule has 7 heteroatoms. The lowest BCUT2D eigenvalue weighted by molar-refractivity contribution is 0.0668. The quantitative estimate of drug-likeness (QED) is 0.419. The molecular weight excluding hydrogens is 392 g/mol. The number of furan rings is 1. The van der Waals surface area contributed by atoms with Crippen molar-refractivity contribution in [3.05, 3.63) is 72.3 Å². The van der Waals surface area contributed by atoms with E-state index in [2.05, 4.69) is 5.10 Å². The van der Waals surface area contributed by atoms with Crippen LogP contribution in [0.1, 0.15) is 36.0 Å². The Morgan fingerprint density at radius 1 is 1.19 bits per heavy atom. The summed E-state index contributed by atoms with van der Waals surface area (Å²) in [7, 11) is 1.63. The average Bonchev–Trinajstić information content (AvgIpc) is 3.45. The molecule has 7 nitrogen and oxygen atoms in total. The number of pyridine rings is 1. The predicted molar refractivity (Wildman–Crippen MR) is 119 cm³/mol. The number of ether oxygens (including phenoxy) is 1. The molecule has 0 bridgehead atoms. The molecule has 0 aliphatic carbocycles. The molecule has 0 saturated heterocycles. The minimum absolute atomic E-state index is 0.110. The van der Waals surface area contributed by atoms with Gasteiger partial charge in [-0.25, -0.2) is 9.67 Å². The van der Waals surface area contributed by atoms with Crippen molar-refractivity contribution in [2.45, 2.75) is 26.4 Å². The molecule has 1 amide bonds. The largest absolute Gasteiger partial charge is 0.467 e. The summed E-state index contributed by atoms with van der Waals surface area (Å²) in [5.41, 5.74) is 2.95. The third-order valence-electron chi connectivity index (χ3n) is 5.14. The van der Waals surface area contributed by atoms with E-state index in [4.69, 9.17) is 14.1 Å². The maximum Gasteiger partial charge on any atom is 0.255 e. The highest BCUT2D eigenvalue weighted by Gasteiger charge is 2.23. The van der Waals surface area contributed by atoms with Gasteiger partial charge in [-0.3, -0.25) is 4.79 Å². The number of carbonyl (C=O) groups is 1. The van der Waals surface area contributed by atoms with Crippen molar-refractivity contribution in [1.29, 1.82) is 0 Å². The van der Waals surface area contributed by atoms with E-state index >= 15 is 0 Å². The van der Waals surface area contributed by atoms with E-state index < -0.39 is 0 Å². The Morgan fingerprint density at radius 2 is 2.00 bits per heavy atom. The van der Waals surface area contributed by atoms with E-state index in [1.165, 1.54) is 0 Å². The molecule has 31 heavy (non-hydrogen) atoms. The molecule has 3 heterocycles. The van der Waals surface area contributed by atoms with Crippen LogP contribution in [0, 0.1) is 0 Å². The van der Waals surface area contributed by atoms with Crippen molar-refractivity contribution >= 4 is 16.9 Å². The highest BCUT2D eigenvalue weighted by Crippen LogP contribution is 2.27. The number of fused-ring (bicyclic) bond motifs is 1. The van der Waals surface area contributed by atoms with Gasteiger partial charge in [-0.2, -0.15) is 5.10 Å². The first-order valence-electron chi connectivity index (χ1n) is 10.3. The lowest BCUT2D eigenvalue weighted by atomic mass is 10.1. The SMILES string of the molecule is COCCN(Cc1ccco1)C(=O)c1cc(-c2ccccc2)nc2c1cnn2C(C)C. The zero-order chi connectivity index (χ0) is 21.8. The summed E-state index contributed by atoms with van der Waals surface area (Å²) >= 11 is 0. The Labute approximate surface area is 181 Å². The van der Waals surface area contributed by atoms with Crippen molar-refractivity contribution < 1.29 is 13.9 Å². The standard InChI is InChI=1S/C24H26N4O3/c1-17(2)28-23-21(15-25-28)20(14-22(26-23)18-8-5-4-6-9-18)24(29)27(11-13-30-3)16-19-10-7-12-31-19/h4-10,12,14-15,17H,11,13,16H2,1-3H3. The zero-order valence-electron chi connectivity index (χ0n) is 18.0. The van der Waals surface area contributed by atoms with Crippen molar-refractivity contribution in [2.24, 2.45) is 0 Å². The summed E-state index contributed by atoms with van der Waals surface area (Å²) in [6.45, 7) is 5.33. The fourth-order valence-corrected chi connectivity index (χ4v) is 3.54. The van der Waals surface area contributed by atoms with E-state index in [0.29, 0.717) is 30.9 Å². The van der Waals surface area contributed by atoms with Crippen molar-refractivity contribution in [3.63, 3.8) is 0 Å². The van der Waals surface area contributed by atoms with Crippen LogP contribution < -0.4 is 0 Å². The first-order valence-corrected chi connectivity index (χ1v) is 10.3. The third kappa shape index (κ3) is 4.36. The van der Waals surface area contributed by atoms with E-state index in [1.807, 2.05) is 67.1 Å². The first-order chi connectivity index (χ1) is 15.1. The number of aromatic nitrogens is 3. The van der Waals surface area contributed by atoms with Gasteiger partial charge in [-0.05, 0) is 32.0 Å². The van der Waals surface area contributed by atoms with Crippen LogP contribution in [0.2, 0.25) is 0 Å². The van der Waals surface area contributed by atoms with Crippen LogP contribution in [0.5, 0.6) is 0 Å². The molecule has 0 N–H and O–H groups in total. The summed E-state index contributed by atoms with van der Waals surface area (Å²) in [6.07, 6.45) is 3.34. The maximum absolute atomic E-state index is 13.7. The number of hydrogen-bond acceptors (Lipinski definition) is 5. The molecule has 0 fully saturated rings. The van der Waals surface area contributed by atoms with Crippen LogP contribution in [0.4, 0.5) is 0 Å². The molecule has 0 spiro atoms. The Bertz CT molecular complexity index is 1150. The van der Waals surface area contributed by atoms with Gasteiger partial charge >= 0.3 is 0 Å². The fraction of sp³-hybridized carbons (Fsp3) is 0.292. The molecule has 3 aromatic heterocycles. The predicted octanol–water partition coefficient (Wildman–Crippen LogP) is 4.56. The number of carbonyl (C=O) groups excluding carboxylic acids is 1. The number of hydrogen-bond donors (Lipinski definition) is 0. The van der Waals surface area contributed by atoms with Crippen LogP contribution in [0.3, 0.4) is 0 Å². The van der Waals surface area contributed by atoms with Gasteiger partial charge in [0.05, 0.1) is 42.3 Å². The van der Waals surface area contributed by atoms with Gasteiger partial charge < -0.3 is 14.1 Å². The molecule has 0 aliphatic heterocycles. The monoisotopic (exact) mass is 418 g/mol. The molecule has 0 saturated carbocycles. The lowest BCUT2D eigenvalue weighted by Gasteiger charge is -2.22. The third-order valence-corrected chi connectivity index (χ3v) is 5.14. The normalized spacial score (nSPS) is 11.4. The number of rotatable bonds is 8. The minimum Gasteiger partial charge on any atom is -0.467 e. The number of nitrogens with zero attached hydrogens (tertiary/aromatic N) is 4. The average molecular weight is 418 g/mol. The highest BCUT2D eigenvalue weighted by molar-refractivity contribution is 6.06. The number of benzene rings is 1. The second-order valence-electron chi connectivity index (χ2n) is 7.64. The molecule has 0 radical (unpaired) electrons. The van der Waals surface area contributed by atoms with Crippen molar-refractivity contribution in [2.75, 3.05) is 20.3 Å². The molecule has 0 unspecified atom stereocenters. The van der Waals surface area contributed by atoms with Crippen LogP contribution in [0.25, 0.3) is 22.3 Å². The molecular formula is C24H26N4O3. The zero-order valence-corrected chi connectivity index (χ0v) is 18.0. The number of methoxy groups -OCH3 is 1. The van der Waals surface area contributed by atoms with Gasteiger partial charge in [0.15, 0.2) is 5.65 Å². The van der Waals surface area contributed by atoms with Crippen molar-refractivity contribution in [1.82, 2.24) is 19.7 Å². The molecule has 1 aromatic carbocycles. The van der Waals surface area contributed by atoms with E-state index in [9.17, 15) is 4.79 Å². The molecule has 0 atom stereocenters. The Hall–Kier alpha value is -3.45. The van der Waals surface area contributed by atoms with Gasteiger partial charge in [-0.15, -0.1) is 0 Å². The highest BCUT2D eigenvalue weighted by atomic mass is 16.5. The summed E-state index contributed by atoms with van der Waals surface area (Å²) in [6, 6.07) is 15.5. The Balaban J connectivity index is 1.82. The second-order valence-corrected chi connectivity index (χ2v) is 7.64. The van der Waals surface area contributed by atoms with Gasteiger partial charge in [0.25, 0.3) is 5.91 Å². The number of amides is 1. The topological polar surface area (TPSA) is 73.4 Å². The van der Waals surface area contributed by atoms with Crippen LogP contribution in [0.15, 0.2) is 65.4 Å². The molecule has 4 aromatic rings. The first kappa shape index (κ1) is 20.8. The minimum atomic E-state index is -0.110. The molecule has 4 rings (SSSR count). The maximum atomic E-state index is 13.7. The van der Waals surface area contributed by atoms with Crippen LogP contribution >= 0.6 is 0 Å². The lowest BCUT2D eigenvalue weighted by Crippen LogP contribution is -2.33. The van der Waals surface area contributed by atoms with Gasteiger partial charge in [0, 0.05) is 25.3 Å². The smallest absolute Gasteiger partial charge is 0.255 e. The fourth-order valence-electron chi connectivity index (χ4n) is 3.54. The molecule has 0 aliphatic rings. The van der Waals surface area contributed by atoms with Gasteiger partial charge in [0.1, 0.15) is 5.76 Å². The molecule has 160 valence electrons. The second kappa shape index (κ2) is 9.14. The van der Waals surface area contributed by atoms with Crippen LogP contribution in [-0.4, -0.2) is 45.8 Å². The van der Waals surface area contributed by atoms with E-state index in [-0.39, 0.29) is 11.9 Å². The summed E-state index contributed by atoms with van der Waals surface area (Å²) in [5.74, 6) is 0.609. The Kier molecular flexibility index (Phi) is 6.13.